The number of hydrogen-bond donors (Lipinski definition) is 2. The lowest BCUT2D eigenvalue weighted by Gasteiger charge is -2.10. The van der Waals surface area contributed by atoms with Crippen LogP contribution in [0.3, 0.4) is 0 Å². The van der Waals surface area contributed by atoms with Crippen LogP contribution < -0.4 is 10.8 Å². The van der Waals surface area contributed by atoms with Gasteiger partial charge in [0.1, 0.15) is 6.54 Å². The van der Waals surface area contributed by atoms with Crippen LogP contribution in [0.4, 0.5) is 5.69 Å². The van der Waals surface area contributed by atoms with Gasteiger partial charge in [-0.1, -0.05) is 31.5 Å². The maximum atomic E-state index is 11.6. The summed E-state index contributed by atoms with van der Waals surface area (Å²) < 4.78 is 0. The third kappa shape index (κ3) is 5.49. The number of amides is 1. The van der Waals surface area contributed by atoms with Crippen LogP contribution in [0, 0.1) is 12.8 Å². The summed E-state index contributed by atoms with van der Waals surface area (Å²) in [6.45, 7) is 6.67. The van der Waals surface area contributed by atoms with Crippen molar-refractivity contribution in [2.75, 3.05) is 18.5 Å². The average molecular weight is 271 g/mol. The Kier molecular flexibility index (Phi) is 6.12. The number of rotatable bonds is 6. The van der Waals surface area contributed by atoms with Crippen molar-refractivity contribution in [3.05, 3.63) is 28.8 Å². The van der Waals surface area contributed by atoms with Crippen LogP contribution in [0.2, 0.25) is 5.02 Å². The van der Waals surface area contributed by atoms with Gasteiger partial charge in [-0.2, -0.15) is 5.48 Å². The Morgan fingerprint density at radius 1 is 1.44 bits per heavy atom. The molecule has 1 aromatic rings. The first-order chi connectivity index (χ1) is 8.49. The van der Waals surface area contributed by atoms with E-state index in [1.165, 1.54) is 0 Å². The fourth-order valence-corrected chi connectivity index (χ4v) is 1.44. The van der Waals surface area contributed by atoms with Gasteiger partial charge in [0.15, 0.2) is 0 Å². The minimum Gasteiger partial charge on any atom is -0.325 e. The number of anilines is 1. The monoisotopic (exact) mass is 270 g/mol. The molecule has 0 aromatic heterocycles. The van der Waals surface area contributed by atoms with Crippen molar-refractivity contribution in [3.8, 4) is 0 Å². The largest absolute Gasteiger partial charge is 0.325 e. The molecule has 0 aliphatic carbocycles. The average Bonchev–Trinajstić information content (AvgIpc) is 2.29. The van der Waals surface area contributed by atoms with Gasteiger partial charge in [-0.15, -0.1) is 0 Å². The molecule has 0 unspecified atom stereocenters. The third-order valence-corrected chi connectivity index (χ3v) is 2.46. The third-order valence-electron chi connectivity index (χ3n) is 2.23. The smallest absolute Gasteiger partial charge is 0.240 e. The molecule has 0 saturated heterocycles. The van der Waals surface area contributed by atoms with E-state index < -0.39 is 0 Å². The summed E-state index contributed by atoms with van der Waals surface area (Å²) in [7, 11) is 0. The van der Waals surface area contributed by atoms with Gasteiger partial charge in [0.05, 0.1) is 6.61 Å². The standard InChI is InChI=1S/C13H19ClN2O2/c1-9(2)8-18-15-7-13(17)16-12-6-11(14)5-4-10(12)3/h4-6,9,15H,7-8H2,1-3H3,(H,16,17). The summed E-state index contributed by atoms with van der Waals surface area (Å²) in [6.07, 6.45) is 0. The van der Waals surface area contributed by atoms with Crippen LogP contribution >= 0.6 is 11.6 Å². The molecule has 1 aromatic carbocycles. The van der Waals surface area contributed by atoms with E-state index in [9.17, 15) is 4.79 Å². The van der Waals surface area contributed by atoms with Crippen molar-refractivity contribution < 1.29 is 9.63 Å². The highest BCUT2D eigenvalue weighted by molar-refractivity contribution is 6.31. The summed E-state index contributed by atoms with van der Waals surface area (Å²) in [4.78, 5) is 16.7. The first-order valence-corrected chi connectivity index (χ1v) is 6.27. The van der Waals surface area contributed by atoms with Crippen molar-refractivity contribution in [2.45, 2.75) is 20.8 Å². The highest BCUT2D eigenvalue weighted by Crippen LogP contribution is 2.19. The van der Waals surface area contributed by atoms with E-state index in [2.05, 4.69) is 10.8 Å². The summed E-state index contributed by atoms with van der Waals surface area (Å²) >= 11 is 5.87. The van der Waals surface area contributed by atoms with Crippen molar-refractivity contribution in [2.24, 2.45) is 5.92 Å². The SMILES string of the molecule is Cc1ccc(Cl)cc1NC(=O)CNOCC(C)C. The predicted octanol–water partition coefficient (Wildman–Crippen LogP) is 2.76. The normalized spacial score (nSPS) is 10.7. The second-order valence-corrected chi connectivity index (χ2v) is 4.97. The van der Waals surface area contributed by atoms with Crippen LogP contribution in [0.15, 0.2) is 18.2 Å². The van der Waals surface area contributed by atoms with Crippen LogP contribution in [-0.2, 0) is 9.63 Å². The fourth-order valence-electron chi connectivity index (χ4n) is 1.27. The number of carbonyl (C=O) groups is 1. The quantitative estimate of drug-likeness (QED) is 0.617. The van der Waals surface area contributed by atoms with Crippen molar-refractivity contribution in [1.29, 1.82) is 0 Å². The number of halogens is 1. The molecule has 0 heterocycles. The van der Waals surface area contributed by atoms with E-state index in [0.29, 0.717) is 17.5 Å². The van der Waals surface area contributed by atoms with Crippen molar-refractivity contribution in [3.63, 3.8) is 0 Å². The van der Waals surface area contributed by atoms with Gasteiger partial charge in [-0.25, -0.2) is 0 Å². The van der Waals surface area contributed by atoms with E-state index in [4.69, 9.17) is 16.4 Å². The van der Waals surface area contributed by atoms with E-state index in [1.54, 1.807) is 12.1 Å². The molecular formula is C13H19ClN2O2. The Bertz CT molecular complexity index is 408. The maximum absolute atomic E-state index is 11.6. The summed E-state index contributed by atoms with van der Waals surface area (Å²) in [5, 5.41) is 3.37. The Morgan fingerprint density at radius 3 is 2.83 bits per heavy atom. The Labute approximate surface area is 113 Å². The molecule has 4 nitrogen and oxygen atoms in total. The molecular weight excluding hydrogens is 252 g/mol. The molecule has 0 atom stereocenters. The Hall–Kier alpha value is -1.10. The molecule has 0 aliphatic rings. The van der Waals surface area contributed by atoms with Gasteiger partial charge in [0, 0.05) is 10.7 Å². The minimum atomic E-state index is -0.163. The van der Waals surface area contributed by atoms with Crippen molar-refractivity contribution >= 4 is 23.2 Å². The summed E-state index contributed by atoms with van der Waals surface area (Å²) in [5.41, 5.74) is 4.31. The molecule has 1 rings (SSSR count). The molecule has 0 spiro atoms. The molecule has 5 heteroatoms. The number of aryl methyl sites for hydroxylation is 1. The van der Waals surface area contributed by atoms with Crippen LogP contribution in [0.5, 0.6) is 0 Å². The van der Waals surface area contributed by atoms with Gasteiger partial charge in [0.25, 0.3) is 0 Å². The second-order valence-electron chi connectivity index (χ2n) is 4.53. The van der Waals surface area contributed by atoms with E-state index in [-0.39, 0.29) is 12.5 Å². The second kappa shape index (κ2) is 7.36. The first kappa shape index (κ1) is 15.0. The van der Waals surface area contributed by atoms with Crippen LogP contribution in [0.1, 0.15) is 19.4 Å². The van der Waals surface area contributed by atoms with Gasteiger partial charge >= 0.3 is 0 Å². The number of nitrogens with one attached hydrogen (secondary N) is 2. The number of carbonyl (C=O) groups excluding carboxylic acids is 1. The number of hydrogen-bond acceptors (Lipinski definition) is 3. The molecule has 0 aliphatic heterocycles. The van der Waals surface area contributed by atoms with Crippen LogP contribution in [-0.4, -0.2) is 19.1 Å². The van der Waals surface area contributed by atoms with E-state index in [0.717, 1.165) is 11.3 Å². The molecule has 0 saturated carbocycles. The van der Waals surface area contributed by atoms with Crippen molar-refractivity contribution in [1.82, 2.24) is 5.48 Å². The zero-order valence-corrected chi connectivity index (χ0v) is 11.7. The summed E-state index contributed by atoms with van der Waals surface area (Å²) in [6, 6.07) is 5.38. The van der Waals surface area contributed by atoms with Gasteiger partial charge in [0.2, 0.25) is 5.91 Å². The van der Waals surface area contributed by atoms with E-state index in [1.807, 2.05) is 26.8 Å². The van der Waals surface area contributed by atoms with E-state index >= 15 is 0 Å². The number of benzene rings is 1. The fraction of sp³-hybridized carbons (Fsp3) is 0.462. The molecule has 0 fully saturated rings. The van der Waals surface area contributed by atoms with Crippen LogP contribution in [0.25, 0.3) is 0 Å². The molecule has 0 radical (unpaired) electrons. The Balaban J connectivity index is 2.38. The maximum Gasteiger partial charge on any atom is 0.240 e. The zero-order chi connectivity index (χ0) is 13.5. The first-order valence-electron chi connectivity index (χ1n) is 5.89. The highest BCUT2D eigenvalue weighted by atomic mass is 35.5. The van der Waals surface area contributed by atoms with Gasteiger partial charge in [-0.3, -0.25) is 4.79 Å². The molecule has 0 bridgehead atoms. The number of hydroxylamine groups is 1. The zero-order valence-electron chi connectivity index (χ0n) is 10.9. The molecule has 2 N–H and O–H groups in total. The molecule has 100 valence electrons. The molecule has 18 heavy (non-hydrogen) atoms. The lowest BCUT2D eigenvalue weighted by Crippen LogP contribution is -2.29. The molecule has 1 amide bonds. The lowest BCUT2D eigenvalue weighted by molar-refractivity contribution is -0.118. The lowest BCUT2D eigenvalue weighted by atomic mass is 10.2. The minimum absolute atomic E-state index is 0.110. The Morgan fingerprint density at radius 2 is 2.17 bits per heavy atom. The topological polar surface area (TPSA) is 50.4 Å². The summed E-state index contributed by atoms with van der Waals surface area (Å²) in [5.74, 6) is 0.264. The predicted molar refractivity (Wildman–Crippen MR) is 73.6 cm³/mol. The van der Waals surface area contributed by atoms with Gasteiger partial charge in [-0.05, 0) is 30.5 Å². The highest BCUT2D eigenvalue weighted by Gasteiger charge is 2.05. The van der Waals surface area contributed by atoms with Gasteiger partial charge < -0.3 is 10.2 Å².